The average Bonchev–Trinajstić information content (AvgIpc) is 2.90. The molecule has 2 rings (SSSR count). The fourth-order valence-electron chi connectivity index (χ4n) is 1.67. The predicted molar refractivity (Wildman–Crippen MR) is 72.7 cm³/mol. The van der Waals surface area contributed by atoms with Crippen molar-refractivity contribution < 1.29 is 4.84 Å². The molecule has 1 aromatic heterocycles. The van der Waals surface area contributed by atoms with Crippen molar-refractivity contribution in [3.05, 3.63) is 54.5 Å². The van der Waals surface area contributed by atoms with Crippen LogP contribution in [0.1, 0.15) is 19.0 Å². The summed E-state index contributed by atoms with van der Waals surface area (Å²) in [6, 6.07) is 5.73. The van der Waals surface area contributed by atoms with Crippen LogP contribution in [0, 0.1) is 0 Å². The van der Waals surface area contributed by atoms with Gasteiger partial charge >= 0.3 is 0 Å². The first-order valence-corrected chi connectivity index (χ1v) is 5.79. The number of aliphatic imine (C=N–C) groups is 1. The number of oxime groups is 1. The zero-order chi connectivity index (χ0) is 12.8. The summed E-state index contributed by atoms with van der Waals surface area (Å²) in [6.07, 6.45) is 7.52. The summed E-state index contributed by atoms with van der Waals surface area (Å²) in [5.41, 5.74) is 2.62. The summed E-state index contributed by atoms with van der Waals surface area (Å²) >= 11 is 0. The first-order valence-electron chi connectivity index (χ1n) is 5.79. The van der Waals surface area contributed by atoms with Gasteiger partial charge in [0.1, 0.15) is 5.71 Å². The van der Waals surface area contributed by atoms with E-state index in [9.17, 15) is 0 Å². The lowest BCUT2D eigenvalue weighted by Crippen LogP contribution is -2.11. The van der Waals surface area contributed by atoms with Crippen LogP contribution >= 0.6 is 0 Å². The van der Waals surface area contributed by atoms with E-state index in [1.165, 1.54) is 0 Å². The second-order valence-corrected chi connectivity index (χ2v) is 3.79. The maximum Gasteiger partial charge on any atom is 0.159 e. The summed E-state index contributed by atoms with van der Waals surface area (Å²) in [7, 11) is 0. The number of pyridine rings is 1. The van der Waals surface area contributed by atoms with E-state index in [0.717, 1.165) is 17.0 Å². The minimum Gasteiger partial charge on any atom is -0.387 e. The highest BCUT2D eigenvalue weighted by Gasteiger charge is 2.24. The Morgan fingerprint density at radius 3 is 3.11 bits per heavy atom. The van der Waals surface area contributed by atoms with E-state index in [1.807, 2.05) is 25.1 Å². The number of hydrogen-bond donors (Lipinski definition) is 0. The number of rotatable bonds is 4. The maximum atomic E-state index is 5.40. The Hall–Kier alpha value is -2.23. The molecule has 18 heavy (non-hydrogen) atoms. The molecule has 0 radical (unpaired) electrons. The van der Waals surface area contributed by atoms with E-state index in [4.69, 9.17) is 4.84 Å². The van der Waals surface area contributed by atoms with Crippen molar-refractivity contribution in [1.29, 1.82) is 0 Å². The van der Waals surface area contributed by atoms with Crippen LogP contribution in [0.15, 0.2) is 59.0 Å². The maximum absolute atomic E-state index is 5.40. The highest BCUT2D eigenvalue weighted by atomic mass is 16.6. The van der Waals surface area contributed by atoms with Gasteiger partial charge in [0.25, 0.3) is 0 Å². The lowest BCUT2D eigenvalue weighted by atomic mass is 10.0. The molecule has 4 heteroatoms. The first-order chi connectivity index (χ1) is 8.85. The average molecular weight is 241 g/mol. The quantitative estimate of drug-likeness (QED) is 0.601. The molecule has 1 aliphatic rings. The molecule has 1 unspecified atom stereocenters. The second-order valence-electron chi connectivity index (χ2n) is 3.79. The van der Waals surface area contributed by atoms with Gasteiger partial charge in [-0.2, -0.15) is 0 Å². The van der Waals surface area contributed by atoms with Crippen LogP contribution in [-0.4, -0.2) is 23.0 Å². The van der Waals surface area contributed by atoms with Gasteiger partial charge in [-0.1, -0.05) is 23.9 Å². The van der Waals surface area contributed by atoms with Crippen LogP contribution in [0.3, 0.4) is 0 Å². The van der Waals surface area contributed by atoms with E-state index in [2.05, 4.69) is 21.7 Å². The van der Waals surface area contributed by atoms with Gasteiger partial charge in [-0.15, -0.1) is 0 Å². The molecule has 0 aromatic carbocycles. The van der Waals surface area contributed by atoms with Crippen molar-refractivity contribution in [2.45, 2.75) is 19.4 Å². The standard InChI is InChI=1S/C14H15N3O/c1-3-11(10-15-4-2)14-9-13(17-18-14)12-7-5-6-8-16-12/h3-8,10,14H,1,9H2,2H3/b11-10+,15-4?. The SMILES string of the molecule is C=C/C(=C\N=CC)C1CC(c2ccccn2)=NO1. The minimum atomic E-state index is -0.122. The van der Waals surface area contributed by atoms with E-state index in [0.29, 0.717) is 6.42 Å². The molecule has 92 valence electrons. The molecular weight excluding hydrogens is 226 g/mol. The van der Waals surface area contributed by atoms with Crippen molar-refractivity contribution >= 4 is 11.9 Å². The van der Waals surface area contributed by atoms with Gasteiger partial charge in [0, 0.05) is 30.6 Å². The molecule has 0 aliphatic carbocycles. The molecule has 0 saturated carbocycles. The number of nitrogens with zero attached hydrogens (tertiary/aromatic N) is 3. The molecule has 0 saturated heterocycles. The Bertz CT molecular complexity index is 503. The van der Waals surface area contributed by atoms with Gasteiger partial charge in [0.2, 0.25) is 0 Å². The van der Waals surface area contributed by atoms with Gasteiger partial charge in [-0.3, -0.25) is 9.98 Å². The van der Waals surface area contributed by atoms with E-state index in [-0.39, 0.29) is 6.10 Å². The zero-order valence-electron chi connectivity index (χ0n) is 10.3. The lowest BCUT2D eigenvalue weighted by Gasteiger charge is -2.07. The third-order valence-electron chi connectivity index (χ3n) is 2.61. The van der Waals surface area contributed by atoms with Gasteiger partial charge < -0.3 is 4.84 Å². The zero-order valence-corrected chi connectivity index (χ0v) is 10.3. The smallest absolute Gasteiger partial charge is 0.159 e. The largest absolute Gasteiger partial charge is 0.387 e. The van der Waals surface area contributed by atoms with Gasteiger partial charge in [0.05, 0.1) is 5.69 Å². The van der Waals surface area contributed by atoms with Crippen molar-refractivity contribution in [1.82, 2.24) is 4.98 Å². The summed E-state index contributed by atoms with van der Waals surface area (Å²) in [4.78, 5) is 13.7. The Morgan fingerprint density at radius 2 is 2.44 bits per heavy atom. The van der Waals surface area contributed by atoms with Crippen molar-refractivity contribution in [2.75, 3.05) is 0 Å². The molecule has 0 bridgehead atoms. The molecule has 0 N–H and O–H groups in total. The minimum absolute atomic E-state index is 0.122. The lowest BCUT2D eigenvalue weighted by molar-refractivity contribution is 0.114. The van der Waals surface area contributed by atoms with Gasteiger partial charge in [-0.05, 0) is 19.1 Å². The van der Waals surface area contributed by atoms with Crippen LogP contribution < -0.4 is 0 Å². The molecule has 0 amide bonds. The molecule has 4 nitrogen and oxygen atoms in total. The highest BCUT2D eigenvalue weighted by molar-refractivity contribution is 5.99. The third kappa shape index (κ3) is 2.71. The Morgan fingerprint density at radius 1 is 1.56 bits per heavy atom. The molecule has 1 aromatic rings. The first kappa shape index (κ1) is 12.2. The van der Waals surface area contributed by atoms with Crippen LogP contribution in [0.25, 0.3) is 0 Å². The molecule has 0 fully saturated rings. The van der Waals surface area contributed by atoms with E-state index < -0.39 is 0 Å². The molecule has 1 atom stereocenters. The second kappa shape index (κ2) is 5.91. The summed E-state index contributed by atoms with van der Waals surface area (Å²) in [6.45, 7) is 5.63. The molecule has 1 aliphatic heterocycles. The third-order valence-corrected chi connectivity index (χ3v) is 2.61. The van der Waals surface area contributed by atoms with Crippen LogP contribution in [-0.2, 0) is 4.84 Å². The Labute approximate surface area is 106 Å². The normalized spacial score (nSPS) is 19.7. The highest BCUT2D eigenvalue weighted by Crippen LogP contribution is 2.21. The number of hydrogen-bond acceptors (Lipinski definition) is 4. The fraction of sp³-hybridized carbons (Fsp3) is 0.214. The molecule has 2 heterocycles. The van der Waals surface area contributed by atoms with Crippen LogP contribution in [0.2, 0.25) is 0 Å². The van der Waals surface area contributed by atoms with Crippen LogP contribution in [0.4, 0.5) is 0 Å². The monoisotopic (exact) mass is 241 g/mol. The predicted octanol–water partition coefficient (Wildman–Crippen LogP) is 2.74. The number of aromatic nitrogens is 1. The Kier molecular flexibility index (Phi) is 4.02. The summed E-state index contributed by atoms with van der Waals surface area (Å²) in [5.74, 6) is 0. The van der Waals surface area contributed by atoms with E-state index >= 15 is 0 Å². The van der Waals surface area contributed by atoms with Gasteiger partial charge in [-0.25, -0.2) is 0 Å². The van der Waals surface area contributed by atoms with Gasteiger partial charge in [0.15, 0.2) is 6.10 Å². The van der Waals surface area contributed by atoms with E-state index in [1.54, 1.807) is 24.7 Å². The van der Waals surface area contributed by atoms with Crippen molar-refractivity contribution in [2.24, 2.45) is 10.1 Å². The molecular formula is C14H15N3O. The fourth-order valence-corrected chi connectivity index (χ4v) is 1.67. The van der Waals surface area contributed by atoms with Crippen molar-refractivity contribution in [3.63, 3.8) is 0 Å². The molecule has 0 spiro atoms. The summed E-state index contributed by atoms with van der Waals surface area (Å²) in [5, 5.41) is 4.08. The van der Waals surface area contributed by atoms with Crippen LogP contribution in [0.5, 0.6) is 0 Å². The topological polar surface area (TPSA) is 46.8 Å². The summed E-state index contributed by atoms with van der Waals surface area (Å²) < 4.78 is 0. The van der Waals surface area contributed by atoms with Crippen molar-refractivity contribution in [3.8, 4) is 0 Å². The Balaban J connectivity index is 2.09.